The highest BCUT2D eigenvalue weighted by Crippen LogP contribution is 2.65. The number of ether oxygens (including phenoxy) is 1. The minimum absolute atomic E-state index is 0.0276. The molecule has 1 heterocycles. The summed E-state index contributed by atoms with van der Waals surface area (Å²) in [6.45, 7) is 13.7. The van der Waals surface area contributed by atoms with E-state index in [-0.39, 0.29) is 16.6 Å². The molecule has 22 heavy (non-hydrogen) atoms. The minimum Gasteiger partial charge on any atom is -0.396 e. The molecule has 0 aromatic carbocycles. The molecule has 1 saturated heterocycles. The van der Waals surface area contributed by atoms with Crippen molar-refractivity contribution in [3.63, 3.8) is 0 Å². The Hall–Kier alpha value is -0.340. The largest absolute Gasteiger partial charge is 0.396 e. The Bertz CT molecular complexity index is 461. The second kappa shape index (κ2) is 5.08. The first-order chi connectivity index (χ1) is 10.2. The summed E-state index contributed by atoms with van der Waals surface area (Å²) in [5.41, 5.74) is 0.224. The molecule has 0 amide bonds. The third-order valence-electron chi connectivity index (χ3n) is 7.75. The van der Waals surface area contributed by atoms with Crippen LogP contribution in [0.5, 0.6) is 0 Å². The number of aliphatic hydroxyl groups is 1. The van der Waals surface area contributed by atoms with Crippen LogP contribution in [-0.2, 0) is 4.74 Å². The van der Waals surface area contributed by atoms with Crippen molar-refractivity contribution in [1.82, 2.24) is 0 Å². The van der Waals surface area contributed by atoms with Gasteiger partial charge in [-0.05, 0) is 75.0 Å². The molecule has 1 aliphatic heterocycles. The highest BCUT2D eigenvalue weighted by atomic mass is 16.5. The molecule has 0 radical (unpaired) electrons. The van der Waals surface area contributed by atoms with E-state index in [9.17, 15) is 5.11 Å². The third-order valence-corrected chi connectivity index (χ3v) is 7.75. The average Bonchev–Trinajstić information content (AvgIpc) is 2.46. The first kappa shape index (κ1) is 16.5. The van der Waals surface area contributed by atoms with Crippen molar-refractivity contribution >= 4 is 0 Å². The van der Waals surface area contributed by atoms with Crippen molar-refractivity contribution in [2.75, 3.05) is 6.61 Å². The Kier molecular flexibility index (Phi) is 3.81. The molecule has 3 fully saturated rings. The van der Waals surface area contributed by atoms with Crippen molar-refractivity contribution in [3.05, 3.63) is 12.7 Å². The lowest BCUT2D eigenvalue weighted by molar-refractivity contribution is -0.256. The van der Waals surface area contributed by atoms with Gasteiger partial charge in [0.15, 0.2) is 0 Å². The maximum atomic E-state index is 10.0. The van der Waals surface area contributed by atoms with Crippen LogP contribution in [-0.4, -0.2) is 22.9 Å². The number of aliphatic hydroxyl groups excluding tert-OH is 1. The van der Waals surface area contributed by atoms with Gasteiger partial charge in [0.05, 0.1) is 11.2 Å². The fourth-order valence-corrected chi connectivity index (χ4v) is 6.52. The van der Waals surface area contributed by atoms with Gasteiger partial charge in [-0.25, -0.2) is 0 Å². The van der Waals surface area contributed by atoms with E-state index in [1.165, 1.54) is 32.1 Å². The second-order valence-corrected chi connectivity index (χ2v) is 9.29. The molecule has 126 valence electrons. The zero-order valence-corrected chi connectivity index (χ0v) is 15.0. The van der Waals surface area contributed by atoms with E-state index < -0.39 is 0 Å². The van der Waals surface area contributed by atoms with Crippen molar-refractivity contribution in [2.45, 2.75) is 83.8 Å². The highest BCUT2D eigenvalue weighted by molar-refractivity contribution is 5.13. The molecule has 6 unspecified atom stereocenters. The van der Waals surface area contributed by atoms with Gasteiger partial charge in [-0.1, -0.05) is 26.3 Å². The predicted octanol–water partition coefficient (Wildman–Crippen LogP) is 4.72. The summed E-state index contributed by atoms with van der Waals surface area (Å²) in [5.74, 6) is 1.24. The fraction of sp³-hybridized carbons (Fsp3) is 0.900. The molecule has 0 aromatic heterocycles. The predicted molar refractivity (Wildman–Crippen MR) is 90.7 cm³/mol. The van der Waals surface area contributed by atoms with Crippen LogP contribution in [0.25, 0.3) is 0 Å². The van der Waals surface area contributed by atoms with Gasteiger partial charge < -0.3 is 9.84 Å². The minimum atomic E-state index is -0.163. The van der Waals surface area contributed by atoms with Gasteiger partial charge in [-0.2, -0.15) is 0 Å². The van der Waals surface area contributed by atoms with Gasteiger partial charge >= 0.3 is 0 Å². The Labute approximate surface area is 136 Å². The van der Waals surface area contributed by atoms with E-state index >= 15 is 0 Å². The molecule has 3 rings (SSSR count). The van der Waals surface area contributed by atoms with Crippen molar-refractivity contribution in [1.29, 1.82) is 0 Å². The van der Waals surface area contributed by atoms with Crippen LogP contribution in [0.3, 0.4) is 0 Å². The number of hydrogen-bond acceptors (Lipinski definition) is 2. The second-order valence-electron chi connectivity index (χ2n) is 9.29. The average molecular weight is 306 g/mol. The summed E-state index contributed by atoms with van der Waals surface area (Å²) in [6, 6.07) is 0. The fourth-order valence-electron chi connectivity index (χ4n) is 6.52. The molecule has 0 aromatic rings. The van der Waals surface area contributed by atoms with Gasteiger partial charge in [0.1, 0.15) is 0 Å². The van der Waals surface area contributed by atoms with Crippen LogP contribution >= 0.6 is 0 Å². The molecule has 3 aliphatic rings. The summed E-state index contributed by atoms with van der Waals surface area (Å²) in [4.78, 5) is 0. The maximum Gasteiger partial charge on any atom is 0.0839 e. The Balaban J connectivity index is 1.94. The molecule has 6 atom stereocenters. The van der Waals surface area contributed by atoms with Crippen molar-refractivity contribution in [3.8, 4) is 0 Å². The Morgan fingerprint density at radius 3 is 2.36 bits per heavy atom. The van der Waals surface area contributed by atoms with Crippen LogP contribution < -0.4 is 0 Å². The van der Waals surface area contributed by atoms with Gasteiger partial charge in [-0.3, -0.25) is 0 Å². The zero-order valence-electron chi connectivity index (χ0n) is 15.0. The number of fused-ring (bicyclic) bond motifs is 3. The van der Waals surface area contributed by atoms with Gasteiger partial charge in [0.25, 0.3) is 0 Å². The van der Waals surface area contributed by atoms with Crippen molar-refractivity contribution < 1.29 is 9.84 Å². The summed E-state index contributed by atoms with van der Waals surface area (Å²) >= 11 is 0. The quantitative estimate of drug-likeness (QED) is 0.748. The SMILES string of the molecule is C=CC1(C)CCC2C(C)(CCC3C(C)(CO)CCCC32C)O1. The molecule has 2 heteroatoms. The van der Waals surface area contributed by atoms with E-state index in [0.29, 0.717) is 23.9 Å². The van der Waals surface area contributed by atoms with E-state index in [2.05, 4.69) is 34.3 Å². The van der Waals surface area contributed by atoms with E-state index in [1.54, 1.807) is 0 Å². The molecule has 0 spiro atoms. The van der Waals surface area contributed by atoms with Crippen LogP contribution in [0, 0.1) is 22.7 Å². The van der Waals surface area contributed by atoms with Crippen LogP contribution in [0.2, 0.25) is 0 Å². The van der Waals surface area contributed by atoms with E-state index in [0.717, 1.165) is 12.8 Å². The summed E-state index contributed by atoms with van der Waals surface area (Å²) in [7, 11) is 0. The van der Waals surface area contributed by atoms with Crippen LogP contribution in [0.1, 0.15) is 72.6 Å². The zero-order chi connectivity index (χ0) is 16.2. The lowest BCUT2D eigenvalue weighted by atomic mass is 9.44. The van der Waals surface area contributed by atoms with E-state index in [1.807, 2.05) is 6.08 Å². The van der Waals surface area contributed by atoms with Crippen LogP contribution in [0.4, 0.5) is 0 Å². The first-order valence-corrected chi connectivity index (χ1v) is 9.16. The smallest absolute Gasteiger partial charge is 0.0839 e. The molecular formula is C20H34O2. The molecule has 2 nitrogen and oxygen atoms in total. The Morgan fingerprint density at radius 1 is 1.05 bits per heavy atom. The third kappa shape index (κ3) is 2.21. The van der Waals surface area contributed by atoms with E-state index in [4.69, 9.17) is 4.74 Å². The topological polar surface area (TPSA) is 29.5 Å². The molecular weight excluding hydrogens is 272 g/mol. The standard InChI is InChI=1S/C20H34O2/c1-6-18(3)12-8-16-19(4)11-7-10-17(2,14-21)15(19)9-13-20(16,5)22-18/h6,15-16,21H,1,7-14H2,2-5H3. The highest BCUT2D eigenvalue weighted by Gasteiger charge is 2.61. The summed E-state index contributed by atoms with van der Waals surface area (Å²) in [5, 5.41) is 10.0. The normalized spacial score (nSPS) is 55.1. The van der Waals surface area contributed by atoms with Crippen LogP contribution in [0.15, 0.2) is 12.7 Å². The summed E-state index contributed by atoms with van der Waals surface area (Å²) in [6.07, 6.45) is 10.3. The number of hydrogen-bond donors (Lipinski definition) is 1. The molecule has 0 bridgehead atoms. The first-order valence-electron chi connectivity index (χ1n) is 9.16. The maximum absolute atomic E-state index is 10.0. The van der Waals surface area contributed by atoms with Gasteiger partial charge in [0, 0.05) is 6.61 Å². The Morgan fingerprint density at radius 2 is 1.73 bits per heavy atom. The molecule has 2 aliphatic carbocycles. The molecule has 2 saturated carbocycles. The lowest BCUT2D eigenvalue weighted by Gasteiger charge is -2.65. The lowest BCUT2D eigenvalue weighted by Crippen LogP contribution is -2.63. The monoisotopic (exact) mass is 306 g/mol. The number of rotatable bonds is 2. The van der Waals surface area contributed by atoms with Gasteiger partial charge in [-0.15, -0.1) is 6.58 Å². The van der Waals surface area contributed by atoms with Gasteiger partial charge in [0.2, 0.25) is 0 Å². The summed E-state index contributed by atoms with van der Waals surface area (Å²) < 4.78 is 6.65. The van der Waals surface area contributed by atoms with Crippen molar-refractivity contribution in [2.24, 2.45) is 22.7 Å². The molecule has 1 N–H and O–H groups in total.